The van der Waals surface area contributed by atoms with Crippen LogP contribution in [0, 0.1) is 0 Å². The molecule has 0 bridgehead atoms. The van der Waals surface area contributed by atoms with Crippen molar-refractivity contribution in [2.45, 2.75) is 51.0 Å². The molecule has 0 aromatic carbocycles. The summed E-state index contributed by atoms with van der Waals surface area (Å²) in [5.74, 6) is -1.78. The lowest BCUT2D eigenvalue weighted by atomic mass is 10.2. The normalized spacial score (nSPS) is 14.0. The number of halogens is 3. The average Bonchev–Trinajstić information content (AvgIpc) is 2.35. The van der Waals surface area contributed by atoms with Crippen molar-refractivity contribution in [3.63, 3.8) is 0 Å². The molecule has 142 valence electrons. The summed E-state index contributed by atoms with van der Waals surface area (Å²) in [5, 5.41) is 0. The Balaban J connectivity index is 5.33. The largest absolute Gasteiger partial charge is 0.534 e. The fourth-order valence-electron chi connectivity index (χ4n) is 1.38. The van der Waals surface area contributed by atoms with Crippen LogP contribution in [0.4, 0.5) is 13.2 Å². The van der Waals surface area contributed by atoms with Gasteiger partial charge < -0.3 is 18.4 Å². The molecule has 7 nitrogen and oxygen atoms in total. The summed E-state index contributed by atoms with van der Waals surface area (Å²) >= 11 is 0. The Morgan fingerprint density at radius 1 is 1.12 bits per heavy atom. The van der Waals surface area contributed by atoms with E-state index in [2.05, 4.69) is 4.18 Å². The van der Waals surface area contributed by atoms with Gasteiger partial charge in [-0.2, -0.15) is 21.6 Å². The van der Waals surface area contributed by atoms with Crippen molar-refractivity contribution in [2.75, 3.05) is 14.2 Å². The molecule has 0 N–H and O–H groups in total. The van der Waals surface area contributed by atoms with Crippen LogP contribution in [-0.2, 0) is 33.3 Å². The second kappa shape index (κ2) is 8.67. The van der Waals surface area contributed by atoms with Crippen LogP contribution in [0.2, 0.25) is 0 Å². The van der Waals surface area contributed by atoms with Gasteiger partial charge in [-0.05, 0) is 20.8 Å². The predicted molar refractivity (Wildman–Crippen MR) is 77.0 cm³/mol. The molecule has 11 heteroatoms. The molecular formula is C13H21F3O7S. The molecule has 0 amide bonds. The Hall–Kier alpha value is -1.33. The molecule has 0 fully saturated rings. The number of methoxy groups -OCH3 is 2. The van der Waals surface area contributed by atoms with Crippen molar-refractivity contribution in [1.82, 2.24) is 0 Å². The predicted octanol–water partition coefficient (Wildman–Crippen LogP) is 2.48. The smallest absolute Gasteiger partial charge is 0.457 e. The molecule has 0 atom stereocenters. The van der Waals surface area contributed by atoms with Crippen LogP contribution in [0.1, 0.15) is 33.6 Å². The van der Waals surface area contributed by atoms with E-state index in [-0.39, 0.29) is 12.8 Å². The molecule has 0 saturated carbocycles. The third-order valence-corrected chi connectivity index (χ3v) is 3.34. The van der Waals surface area contributed by atoms with Crippen LogP contribution >= 0.6 is 0 Å². The van der Waals surface area contributed by atoms with Crippen molar-refractivity contribution in [3.8, 4) is 0 Å². The zero-order chi connectivity index (χ0) is 19.2. The first-order valence-corrected chi connectivity index (χ1v) is 8.12. The van der Waals surface area contributed by atoms with Crippen molar-refractivity contribution in [2.24, 2.45) is 0 Å². The number of rotatable bonds is 8. The number of hydrogen-bond donors (Lipinski definition) is 0. The van der Waals surface area contributed by atoms with Gasteiger partial charge in [-0.25, -0.2) is 4.79 Å². The molecule has 0 aliphatic heterocycles. The summed E-state index contributed by atoms with van der Waals surface area (Å²) < 4.78 is 78.1. The molecule has 0 aromatic heterocycles. The third kappa shape index (κ3) is 8.50. The molecule has 0 unspecified atom stereocenters. The van der Waals surface area contributed by atoms with Gasteiger partial charge in [0.25, 0.3) is 0 Å². The fraction of sp³-hybridized carbons (Fsp3) is 0.769. The highest BCUT2D eigenvalue weighted by Gasteiger charge is 2.48. The van der Waals surface area contributed by atoms with Crippen LogP contribution in [0.3, 0.4) is 0 Å². The van der Waals surface area contributed by atoms with Crippen LogP contribution in [-0.4, -0.2) is 46.0 Å². The topological polar surface area (TPSA) is 88.1 Å². The quantitative estimate of drug-likeness (QED) is 0.160. The van der Waals surface area contributed by atoms with E-state index in [4.69, 9.17) is 14.2 Å². The van der Waals surface area contributed by atoms with E-state index in [1.165, 1.54) is 35.0 Å². The number of hydrogen-bond acceptors (Lipinski definition) is 7. The number of ether oxygens (including phenoxy) is 3. The van der Waals surface area contributed by atoms with Crippen LogP contribution in [0.25, 0.3) is 0 Å². The molecule has 0 aromatic rings. The first kappa shape index (κ1) is 22.7. The second-order valence-electron chi connectivity index (χ2n) is 5.57. The number of carbonyl (C=O) groups is 1. The van der Waals surface area contributed by atoms with Crippen LogP contribution in [0.5, 0.6) is 0 Å². The van der Waals surface area contributed by atoms with Gasteiger partial charge in [0.2, 0.25) is 0 Å². The van der Waals surface area contributed by atoms with Crippen molar-refractivity contribution in [1.29, 1.82) is 0 Å². The molecule has 0 rings (SSSR count). The standard InChI is InChI=1S/C13H21F3O7S/c1-12(2,3)22-10(17)8-9(6-7-11(20-4)21-5)23-24(18,19)13(14,15)16/h8,11H,6-7H2,1-5H3/b9-8-. The Kier molecular flexibility index (Phi) is 8.19. The highest BCUT2D eigenvalue weighted by Crippen LogP contribution is 2.28. The Morgan fingerprint density at radius 2 is 1.62 bits per heavy atom. The fourth-order valence-corrected chi connectivity index (χ4v) is 1.89. The molecule has 0 heterocycles. The number of carbonyl (C=O) groups excluding carboxylic acids is 1. The molecule has 0 saturated heterocycles. The molecule has 0 radical (unpaired) electrons. The zero-order valence-corrected chi connectivity index (χ0v) is 14.8. The van der Waals surface area contributed by atoms with E-state index >= 15 is 0 Å². The maximum atomic E-state index is 12.4. The van der Waals surface area contributed by atoms with Crippen molar-refractivity contribution < 1.29 is 44.8 Å². The summed E-state index contributed by atoms with van der Waals surface area (Å²) in [6.45, 7) is 4.62. The van der Waals surface area contributed by atoms with E-state index in [1.54, 1.807) is 0 Å². The average molecular weight is 378 g/mol. The Bertz CT molecular complexity index is 543. The van der Waals surface area contributed by atoms with Gasteiger partial charge in [0.05, 0.1) is 6.08 Å². The minimum atomic E-state index is -5.91. The van der Waals surface area contributed by atoms with Gasteiger partial charge in [-0.1, -0.05) is 0 Å². The van der Waals surface area contributed by atoms with E-state index in [0.29, 0.717) is 6.08 Å². The maximum Gasteiger partial charge on any atom is 0.534 e. The van der Waals surface area contributed by atoms with E-state index in [1.807, 2.05) is 0 Å². The number of alkyl halides is 3. The first-order valence-electron chi connectivity index (χ1n) is 6.71. The lowest BCUT2D eigenvalue weighted by molar-refractivity contribution is -0.148. The number of allylic oxidation sites excluding steroid dienone is 1. The second-order valence-corrected chi connectivity index (χ2v) is 7.10. The number of esters is 1. The third-order valence-electron chi connectivity index (χ3n) is 2.34. The van der Waals surface area contributed by atoms with Crippen molar-refractivity contribution >= 4 is 16.1 Å². The lowest BCUT2D eigenvalue weighted by Gasteiger charge is -2.19. The first-order chi connectivity index (χ1) is 10.7. The Labute approximate surface area is 138 Å². The van der Waals surface area contributed by atoms with Crippen LogP contribution < -0.4 is 0 Å². The zero-order valence-electron chi connectivity index (χ0n) is 14.0. The summed E-state index contributed by atoms with van der Waals surface area (Å²) in [7, 11) is -3.32. The van der Waals surface area contributed by atoms with Gasteiger partial charge in [-0.15, -0.1) is 0 Å². The summed E-state index contributed by atoms with van der Waals surface area (Å²) in [4.78, 5) is 11.7. The Morgan fingerprint density at radius 3 is 2.00 bits per heavy atom. The van der Waals surface area contributed by atoms with Crippen molar-refractivity contribution in [3.05, 3.63) is 11.8 Å². The maximum absolute atomic E-state index is 12.4. The minimum absolute atomic E-state index is 0.0466. The summed E-state index contributed by atoms with van der Waals surface area (Å²) in [6.07, 6.45) is -0.670. The molecule has 24 heavy (non-hydrogen) atoms. The van der Waals surface area contributed by atoms with Gasteiger partial charge in [0, 0.05) is 27.1 Å². The summed E-state index contributed by atoms with van der Waals surface area (Å²) in [6, 6.07) is 0. The van der Waals surface area contributed by atoms with Crippen LogP contribution in [0.15, 0.2) is 11.8 Å². The van der Waals surface area contributed by atoms with E-state index in [9.17, 15) is 26.4 Å². The minimum Gasteiger partial charge on any atom is -0.457 e. The molecule has 0 aliphatic rings. The van der Waals surface area contributed by atoms with Gasteiger partial charge in [0.1, 0.15) is 11.4 Å². The van der Waals surface area contributed by atoms with Gasteiger partial charge >= 0.3 is 21.6 Å². The molecule has 0 spiro atoms. The highest BCUT2D eigenvalue weighted by molar-refractivity contribution is 7.87. The molecule has 0 aliphatic carbocycles. The summed E-state index contributed by atoms with van der Waals surface area (Å²) in [5.41, 5.74) is -6.54. The van der Waals surface area contributed by atoms with Gasteiger partial charge in [0.15, 0.2) is 6.29 Å². The monoisotopic (exact) mass is 378 g/mol. The van der Waals surface area contributed by atoms with Gasteiger partial charge in [-0.3, -0.25) is 0 Å². The lowest BCUT2D eigenvalue weighted by Crippen LogP contribution is -2.27. The van der Waals surface area contributed by atoms with E-state index in [0.717, 1.165) is 0 Å². The highest BCUT2D eigenvalue weighted by atomic mass is 32.2. The van der Waals surface area contributed by atoms with E-state index < -0.39 is 39.2 Å². The molecular weight excluding hydrogens is 357 g/mol. The SMILES string of the molecule is COC(CC/C(=C/C(=O)OC(C)(C)C)OS(=O)(=O)C(F)(F)F)OC.